The summed E-state index contributed by atoms with van der Waals surface area (Å²) in [4.78, 5) is 45.1. The molecule has 2 heterocycles. The standard InChI is InChI=1S/C22H12IN2O10/c26-21(32-15-5-1-3-13(11-15)24(28)29)17-7-9-19(34-17)23-20-10-8-18(35-20)22(27)33-16-6-2-4-14(12-16)25(30)31/h1-12H/q+1. The zero-order valence-corrected chi connectivity index (χ0v) is 19.4. The molecule has 176 valence electrons. The van der Waals surface area contributed by atoms with E-state index in [1.165, 1.54) is 48.5 Å². The number of hydrogen-bond donors (Lipinski definition) is 0. The van der Waals surface area contributed by atoms with Crippen LogP contribution in [0.4, 0.5) is 11.4 Å². The Hall–Kier alpha value is -4.53. The Balaban J connectivity index is 1.38. The first-order valence-corrected chi connectivity index (χ1v) is 11.7. The van der Waals surface area contributed by atoms with Gasteiger partial charge in [0.1, 0.15) is 11.5 Å². The van der Waals surface area contributed by atoms with E-state index < -0.39 is 43.0 Å². The maximum Gasteiger partial charge on any atom is 0.443 e. The minimum Gasteiger partial charge on any atom is -0.420 e. The second-order valence-corrected chi connectivity index (χ2v) is 9.26. The van der Waals surface area contributed by atoms with Gasteiger partial charge in [-0.25, -0.2) is 9.59 Å². The SMILES string of the molecule is O=C(Oc1cccc([N+](=O)[O-])c1)c1ccc([I+]c2ccc(C(=O)Oc3cccc([N+](=O)[O-])c3)o2)o1. The van der Waals surface area contributed by atoms with Crippen molar-refractivity contribution in [3.63, 3.8) is 0 Å². The summed E-state index contributed by atoms with van der Waals surface area (Å²) in [5.74, 6) is -1.89. The highest BCUT2D eigenvalue weighted by Crippen LogP contribution is 2.21. The molecule has 4 rings (SSSR count). The number of carbonyl (C=O) groups is 2. The number of hydrogen-bond acceptors (Lipinski definition) is 10. The van der Waals surface area contributed by atoms with E-state index in [0.29, 0.717) is 7.53 Å². The van der Waals surface area contributed by atoms with E-state index in [1.54, 1.807) is 12.1 Å². The number of esters is 2. The smallest absolute Gasteiger partial charge is 0.420 e. The quantitative estimate of drug-likeness (QED) is 0.0958. The van der Waals surface area contributed by atoms with Crippen molar-refractivity contribution in [1.29, 1.82) is 0 Å². The number of benzene rings is 2. The van der Waals surface area contributed by atoms with Crippen LogP contribution in [-0.2, 0) is 0 Å². The van der Waals surface area contributed by atoms with Gasteiger partial charge < -0.3 is 18.3 Å². The summed E-state index contributed by atoms with van der Waals surface area (Å²) in [6.45, 7) is 0. The van der Waals surface area contributed by atoms with Gasteiger partial charge in [0.15, 0.2) is 0 Å². The number of non-ortho nitro benzene ring substituents is 2. The Labute approximate surface area is 205 Å². The van der Waals surface area contributed by atoms with E-state index in [9.17, 15) is 29.8 Å². The summed E-state index contributed by atoms with van der Waals surface area (Å²) in [7, 11) is 0. The van der Waals surface area contributed by atoms with Crippen LogP contribution in [0.1, 0.15) is 21.1 Å². The van der Waals surface area contributed by atoms with Crippen molar-refractivity contribution in [2.75, 3.05) is 0 Å². The Morgan fingerprint density at radius 2 is 1.11 bits per heavy atom. The zero-order chi connectivity index (χ0) is 24.9. The number of carbonyl (C=O) groups excluding carboxylic acids is 2. The largest absolute Gasteiger partial charge is 0.443 e. The molecule has 0 amide bonds. The van der Waals surface area contributed by atoms with Crippen LogP contribution in [0.5, 0.6) is 11.5 Å². The molecule has 0 saturated heterocycles. The zero-order valence-electron chi connectivity index (χ0n) is 17.3. The summed E-state index contributed by atoms with van der Waals surface area (Å²) in [6, 6.07) is 16.3. The number of furan rings is 2. The van der Waals surface area contributed by atoms with Gasteiger partial charge >= 0.3 is 40.7 Å². The van der Waals surface area contributed by atoms with E-state index in [4.69, 9.17) is 18.3 Å². The van der Waals surface area contributed by atoms with Crippen molar-refractivity contribution in [1.82, 2.24) is 0 Å². The van der Waals surface area contributed by atoms with Gasteiger partial charge in [-0.05, 0) is 24.3 Å². The molecule has 0 unspecified atom stereocenters. The summed E-state index contributed by atoms with van der Waals surface area (Å²) in [6.07, 6.45) is 0. The van der Waals surface area contributed by atoms with Gasteiger partial charge in [-0.2, -0.15) is 0 Å². The summed E-state index contributed by atoms with van der Waals surface area (Å²) < 4.78 is 22.1. The molecule has 13 heteroatoms. The van der Waals surface area contributed by atoms with Gasteiger partial charge in [-0.1, -0.05) is 12.1 Å². The minimum atomic E-state index is -1.06. The highest BCUT2D eigenvalue weighted by atomic mass is 127. The van der Waals surface area contributed by atoms with Crippen molar-refractivity contribution in [2.45, 2.75) is 0 Å². The van der Waals surface area contributed by atoms with E-state index in [0.717, 1.165) is 12.1 Å². The third-order valence-corrected chi connectivity index (χ3v) is 6.44. The second kappa shape index (κ2) is 10.2. The first-order chi connectivity index (χ1) is 16.8. The topological polar surface area (TPSA) is 165 Å². The highest BCUT2D eigenvalue weighted by molar-refractivity contribution is 5.88. The lowest BCUT2D eigenvalue weighted by Gasteiger charge is -2.01. The number of nitro groups is 2. The van der Waals surface area contributed by atoms with Crippen LogP contribution >= 0.6 is 0 Å². The van der Waals surface area contributed by atoms with Crippen molar-refractivity contribution in [3.8, 4) is 11.5 Å². The van der Waals surface area contributed by atoms with Gasteiger partial charge in [0.2, 0.25) is 11.5 Å². The molecule has 0 atom stereocenters. The lowest BCUT2D eigenvalue weighted by Crippen LogP contribution is -3.61. The molecule has 35 heavy (non-hydrogen) atoms. The molecule has 0 spiro atoms. The van der Waals surface area contributed by atoms with Gasteiger partial charge in [-0.15, -0.1) is 0 Å². The fourth-order valence-electron chi connectivity index (χ4n) is 2.68. The molecule has 2 aromatic heterocycles. The maximum atomic E-state index is 12.3. The molecule has 0 aliphatic carbocycles. The molecule has 0 radical (unpaired) electrons. The monoisotopic (exact) mass is 591 g/mol. The van der Waals surface area contributed by atoms with Gasteiger partial charge in [0, 0.05) is 24.3 Å². The summed E-state index contributed by atoms with van der Waals surface area (Å²) in [5, 5.41) is 21.7. The van der Waals surface area contributed by atoms with E-state index in [2.05, 4.69) is 0 Å². The van der Waals surface area contributed by atoms with Crippen LogP contribution in [0.25, 0.3) is 0 Å². The van der Waals surface area contributed by atoms with E-state index in [-0.39, 0.29) is 34.4 Å². The Morgan fingerprint density at radius 3 is 1.51 bits per heavy atom. The average molecular weight is 591 g/mol. The summed E-state index contributed by atoms with van der Waals surface area (Å²) in [5.41, 5.74) is -0.446. The van der Waals surface area contributed by atoms with Crippen LogP contribution in [0.2, 0.25) is 0 Å². The minimum absolute atomic E-state index is 0.00483. The summed E-state index contributed by atoms with van der Waals surface area (Å²) >= 11 is -1.06. The van der Waals surface area contributed by atoms with Crippen molar-refractivity contribution < 1.29 is 58.9 Å². The average Bonchev–Trinajstić information content (AvgIpc) is 3.50. The number of nitrogens with zero attached hydrogens (tertiary/aromatic N) is 2. The molecule has 0 saturated carbocycles. The first-order valence-electron chi connectivity index (χ1n) is 9.56. The molecule has 12 nitrogen and oxygen atoms in total. The number of nitro benzene ring substituents is 2. The molecule has 0 aliphatic heterocycles. The molecular formula is C22H12IN2O10+. The van der Waals surface area contributed by atoms with E-state index >= 15 is 0 Å². The van der Waals surface area contributed by atoms with Crippen LogP contribution in [-0.4, -0.2) is 21.8 Å². The van der Waals surface area contributed by atoms with Crippen LogP contribution in [0.15, 0.2) is 81.6 Å². The van der Waals surface area contributed by atoms with Gasteiger partial charge in [-0.3, -0.25) is 20.2 Å². The Morgan fingerprint density at radius 1 is 0.686 bits per heavy atom. The van der Waals surface area contributed by atoms with Crippen LogP contribution < -0.4 is 30.7 Å². The third kappa shape index (κ3) is 5.89. The lowest BCUT2D eigenvalue weighted by molar-refractivity contribution is -0.636. The van der Waals surface area contributed by atoms with Crippen molar-refractivity contribution >= 4 is 23.3 Å². The van der Waals surface area contributed by atoms with Gasteiger partial charge in [0.05, 0.1) is 22.0 Å². The molecule has 4 aromatic rings. The van der Waals surface area contributed by atoms with Gasteiger partial charge in [0.25, 0.3) is 11.4 Å². The number of rotatable bonds is 8. The fourth-order valence-corrected chi connectivity index (χ4v) is 4.61. The highest BCUT2D eigenvalue weighted by Gasteiger charge is 2.28. The van der Waals surface area contributed by atoms with E-state index in [1.807, 2.05) is 0 Å². The predicted molar refractivity (Wildman–Crippen MR) is 111 cm³/mol. The normalized spacial score (nSPS) is 10.5. The number of halogens is 1. The van der Waals surface area contributed by atoms with Crippen molar-refractivity contribution in [2.24, 2.45) is 0 Å². The molecule has 0 fully saturated rings. The second-order valence-electron chi connectivity index (χ2n) is 6.59. The van der Waals surface area contributed by atoms with Crippen LogP contribution in [0.3, 0.4) is 0 Å². The fraction of sp³-hybridized carbons (Fsp3) is 0. The number of ether oxygens (including phenoxy) is 2. The predicted octanol–water partition coefficient (Wildman–Crippen LogP) is 1.26. The molecule has 0 bridgehead atoms. The van der Waals surface area contributed by atoms with Crippen LogP contribution in [0, 0.1) is 27.8 Å². The lowest BCUT2D eigenvalue weighted by atomic mass is 10.3. The maximum absolute atomic E-state index is 12.3. The Bertz CT molecular complexity index is 1330. The first kappa shape index (κ1) is 23.6. The molecule has 0 N–H and O–H groups in total. The van der Waals surface area contributed by atoms with Crippen molar-refractivity contribution in [3.05, 3.63) is 112 Å². The molecule has 2 aromatic carbocycles. The molecule has 0 aliphatic rings. The molecular weight excluding hydrogens is 579 g/mol. The Kier molecular flexibility index (Phi) is 6.86. The third-order valence-electron chi connectivity index (χ3n) is 4.21.